The SMILES string of the molecule is Cc1c(N)nc(-c2ccccc2Cl)nc1N1CCNCC1. The summed E-state index contributed by atoms with van der Waals surface area (Å²) in [7, 11) is 0. The fourth-order valence-electron chi connectivity index (χ4n) is 2.47. The van der Waals surface area contributed by atoms with E-state index in [-0.39, 0.29) is 0 Å². The van der Waals surface area contributed by atoms with E-state index in [9.17, 15) is 0 Å². The molecule has 1 aromatic carbocycles. The summed E-state index contributed by atoms with van der Waals surface area (Å²) in [5.41, 5.74) is 7.81. The van der Waals surface area contributed by atoms with Gasteiger partial charge < -0.3 is 16.0 Å². The number of nitrogen functional groups attached to an aromatic ring is 1. The summed E-state index contributed by atoms with van der Waals surface area (Å²) >= 11 is 6.24. The fourth-order valence-corrected chi connectivity index (χ4v) is 2.69. The Kier molecular flexibility index (Phi) is 3.94. The Hall–Kier alpha value is -1.85. The van der Waals surface area contributed by atoms with Gasteiger partial charge in [-0.1, -0.05) is 23.7 Å². The summed E-state index contributed by atoms with van der Waals surface area (Å²) in [4.78, 5) is 11.3. The van der Waals surface area contributed by atoms with Gasteiger partial charge in [-0.05, 0) is 19.1 Å². The monoisotopic (exact) mass is 303 g/mol. The summed E-state index contributed by atoms with van der Waals surface area (Å²) < 4.78 is 0. The lowest BCUT2D eigenvalue weighted by atomic mass is 10.2. The fraction of sp³-hybridized carbons (Fsp3) is 0.333. The summed E-state index contributed by atoms with van der Waals surface area (Å²) in [6.45, 7) is 5.69. The average molecular weight is 304 g/mol. The van der Waals surface area contributed by atoms with E-state index in [4.69, 9.17) is 22.3 Å². The van der Waals surface area contributed by atoms with Gasteiger partial charge in [-0.25, -0.2) is 9.97 Å². The van der Waals surface area contributed by atoms with Gasteiger partial charge in [0.2, 0.25) is 0 Å². The van der Waals surface area contributed by atoms with E-state index in [1.807, 2.05) is 31.2 Å². The smallest absolute Gasteiger partial charge is 0.165 e. The molecule has 21 heavy (non-hydrogen) atoms. The predicted octanol–water partition coefficient (Wildman–Crippen LogP) is 2.10. The Balaban J connectivity index is 2.07. The first-order valence-electron chi connectivity index (χ1n) is 7.01. The third-order valence-electron chi connectivity index (χ3n) is 3.69. The number of hydrogen-bond donors (Lipinski definition) is 2. The quantitative estimate of drug-likeness (QED) is 0.889. The van der Waals surface area contributed by atoms with E-state index in [1.54, 1.807) is 0 Å². The first kappa shape index (κ1) is 14.1. The molecule has 0 unspecified atom stereocenters. The maximum absolute atomic E-state index is 6.24. The first-order chi connectivity index (χ1) is 10.2. The highest BCUT2D eigenvalue weighted by Crippen LogP contribution is 2.29. The molecule has 6 heteroatoms. The van der Waals surface area contributed by atoms with Gasteiger partial charge in [-0.2, -0.15) is 0 Å². The normalized spacial score (nSPS) is 15.2. The van der Waals surface area contributed by atoms with Crippen LogP contribution in [0.25, 0.3) is 11.4 Å². The minimum Gasteiger partial charge on any atom is -0.383 e. The number of halogens is 1. The first-order valence-corrected chi connectivity index (χ1v) is 7.39. The highest BCUT2D eigenvalue weighted by atomic mass is 35.5. The van der Waals surface area contributed by atoms with Crippen molar-refractivity contribution >= 4 is 23.2 Å². The van der Waals surface area contributed by atoms with Crippen LogP contribution in [0, 0.1) is 6.92 Å². The zero-order valence-electron chi connectivity index (χ0n) is 11.9. The van der Waals surface area contributed by atoms with Crippen LogP contribution < -0.4 is 16.0 Å². The second-order valence-corrected chi connectivity index (χ2v) is 5.51. The van der Waals surface area contributed by atoms with Crippen molar-refractivity contribution < 1.29 is 0 Å². The largest absolute Gasteiger partial charge is 0.383 e. The molecule has 1 fully saturated rings. The van der Waals surface area contributed by atoms with Gasteiger partial charge in [0.1, 0.15) is 11.6 Å². The summed E-state index contributed by atoms with van der Waals surface area (Å²) in [5, 5.41) is 3.97. The average Bonchev–Trinajstić information content (AvgIpc) is 2.51. The lowest BCUT2D eigenvalue weighted by Crippen LogP contribution is -2.44. The van der Waals surface area contributed by atoms with Gasteiger partial charge in [0.05, 0.1) is 5.02 Å². The second-order valence-electron chi connectivity index (χ2n) is 5.10. The van der Waals surface area contributed by atoms with Crippen molar-refractivity contribution in [2.24, 2.45) is 0 Å². The van der Waals surface area contributed by atoms with Crippen LogP contribution in [0.15, 0.2) is 24.3 Å². The van der Waals surface area contributed by atoms with Crippen molar-refractivity contribution in [2.75, 3.05) is 36.8 Å². The number of nitrogens with zero attached hydrogens (tertiary/aromatic N) is 3. The molecule has 3 N–H and O–H groups in total. The highest BCUT2D eigenvalue weighted by Gasteiger charge is 2.18. The molecule has 0 saturated carbocycles. The van der Waals surface area contributed by atoms with Crippen molar-refractivity contribution in [3.05, 3.63) is 34.9 Å². The number of benzene rings is 1. The van der Waals surface area contributed by atoms with Crippen LogP contribution in [0.5, 0.6) is 0 Å². The zero-order chi connectivity index (χ0) is 14.8. The number of nitrogens with one attached hydrogen (secondary N) is 1. The minimum atomic E-state index is 0.508. The van der Waals surface area contributed by atoms with Gasteiger partial charge >= 0.3 is 0 Å². The van der Waals surface area contributed by atoms with Crippen LogP contribution in [0.4, 0.5) is 11.6 Å². The maximum Gasteiger partial charge on any atom is 0.165 e. The van der Waals surface area contributed by atoms with Crippen molar-refractivity contribution in [2.45, 2.75) is 6.92 Å². The molecule has 2 heterocycles. The molecule has 5 nitrogen and oxygen atoms in total. The summed E-state index contributed by atoms with van der Waals surface area (Å²) in [6, 6.07) is 7.56. The van der Waals surface area contributed by atoms with E-state index >= 15 is 0 Å². The molecule has 1 aromatic heterocycles. The Labute approximate surface area is 129 Å². The molecular formula is C15H18ClN5. The zero-order valence-corrected chi connectivity index (χ0v) is 12.7. The third-order valence-corrected chi connectivity index (χ3v) is 4.02. The van der Waals surface area contributed by atoms with Crippen LogP contribution in [0.3, 0.4) is 0 Å². The molecule has 1 saturated heterocycles. The molecule has 110 valence electrons. The maximum atomic E-state index is 6.24. The number of aromatic nitrogens is 2. The number of nitrogens with two attached hydrogens (primary N) is 1. The van der Waals surface area contributed by atoms with E-state index in [0.717, 1.165) is 43.1 Å². The van der Waals surface area contributed by atoms with Gasteiger partial charge in [0.25, 0.3) is 0 Å². The molecule has 0 atom stereocenters. The molecular weight excluding hydrogens is 286 g/mol. The van der Waals surface area contributed by atoms with Gasteiger partial charge in [0.15, 0.2) is 5.82 Å². The molecule has 0 radical (unpaired) electrons. The van der Waals surface area contributed by atoms with Crippen LogP contribution >= 0.6 is 11.6 Å². The number of hydrogen-bond acceptors (Lipinski definition) is 5. The molecule has 1 aliphatic rings. The van der Waals surface area contributed by atoms with Crippen molar-refractivity contribution in [1.82, 2.24) is 15.3 Å². The molecule has 0 bridgehead atoms. The Bertz CT molecular complexity index is 653. The number of piperazine rings is 1. The predicted molar refractivity (Wildman–Crippen MR) is 86.7 cm³/mol. The van der Waals surface area contributed by atoms with Gasteiger partial charge in [0, 0.05) is 37.3 Å². The van der Waals surface area contributed by atoms with Gasteiger partial charge in [-0.15, -0.1) is 0 Å². The van der Waals surface area contributed by atoms with E-state index < -0.39 is 0 Å². The van der Waals surface area contributed by atoms with Crippen LogP contribution in [0.2, 0.25) is 5.02 Å². The van der Waals surface area contributed by atoms with Crippen molar-refractivity contribution in [3.8, 4) is 11.4 Å². The molecule has 1 aliphatic heterocycles. The van der Waals surface area contributed by atoms with Gasteiger partial charge in [-0.3, -0.25) is 0 Å². The molecule has 0 aliphatic carbocycles. The third kappa shape index (κ3) is 2.80. The van der Waals surface area contributed by atoms with Crippen LogP contribution in [-0.4, -0.2) is 36.1 Å². The van der Waals surface area contributed by atoms with Crippen molar-refractivity contribution in [3.63, 3.8) is 0 Å². The highest BCUT2D eigenvalue weighted by molar-refractivity contribution is 6.33. The summed E-state index contributed by atoms with van der Waals surface area (Å²) in [6.07, 6.45) is 0. The van der Waals surface area contributed by atoms with E-state index in [1.165, 1.54) is 0 Å². The molecule has 0 spiro atoms. The van der Waals surface area contributed by atoms with E-state index in [2.05, 4.69) is 15.2 Å². The number of rotatable bonds is 2. The number of anilines is 2. The molecule has 2 aromatic rings. The lowest BCUT2D eigenvalue weighted by molar-refractivity contribution is 0.584. The topological polar surface area (TPSA) is 67.1 Å². The van der Waals surface area contributed by atoms with Crippen LogP contribution in [0.1, 0.15) is 5.56 Å². The second kappa shape index (κ2) is 5.87. The Morgan fingerprint density at radius 2 is 1.90 bits per heavy atom. The standard InChI is InChI=1S/C15H18ClN5/c1-10-13(17)19-14(11-4-2-3-5-12(11)16)20-15(10)21-8-6-18-7-9-21/h2-5,18H,6-9H2,1H3,(H2,17,19,20). The Morgan fingerprint density at radius 1 is 1.19 bits per heavy atom. The Morgan fingerprint density at radius 3 is 2.62 bits per heavy atom. The minimum absolute atomic E-state index is 0.508. The van der Waals surface area contributed by atoms with Crippen molar-refractivity contribution in [1.29, 1.82) is 0 Å². The molecule has 0 amide bonds. The summed E-state index contributed by atoms with van der Waals surface area (Å²) in [5.74, 6) is 1.99. The lowest BCUT2D eigenvalue weighted by Gasteiger charge is -2.30. The van der Waals surface area contributed by atoms with E-state index in [0.29, 0.717) is 16.7 Å². The molecule has 3 rings (SSSR count). The van der Waals surface area contributed by atoms with Crippen LogP contribution in [-0.2, 0) is 0 Å².